The van der Waals surface area contributed by atoms with Gasteiger partial charge in [0.05, 0.1) is 28.7 Å². The van der Waals surface area contributed by atoms with Gasteiger partial charge in [-0.3, -0.25) is 20.2 Å². The molecular formula is C17H13N3O6S2. The molecule has 3 rings (SSSR count). The molecule has 0 saturated heterocycles. The number of carbonyl (C=O) groups is 1. The average Bonchev–Trinajstić information content (AvgIpc) is 3.17. The maximum Gasteiger partial charge on any atom is 0.269 e. The van der Waals surface area contributed by atoms with Gasteiger partial charge >= 0.3 is 0 Å². The minimum Gasteiger partial charge on any atom is -0.496 e. The van der Waals surface area contributed by atoms with E-state index in [-0.39, 0.29) is 25.5 Å². The zero-order valence-corrected chi connectivity index (χ0v) is 16.0. The van der Waals surface area contributed by atoms with Crippen molar-refractivity contribution in [3.8, 4) is 5.75 Å². The molecule has 0 atom stereocenters. The normalized spacial score (nSPS) is 11.0. The van der Waals surface area contributed by atoms with Crippen molar-refractivity contribution in [2.24, 2.45) is 0 Å². The molecule has 0 aliphatic heterocycles. The fourth-order valence-corrected chi connectivity index (χ4v) is 4.73. The number of para-hydroxylation sites is 1. The summed E-state index contributed by atoms with van der Waals surface area (Å²) in [7, 11) is -2.48. The van der Waals surface area contributed by atoms with E-state index < -0.39 is 20.7 Å². The second kappa shape index (κ2) is 7.74. The van der Waals surface area contributed by atoms with Crippen molar-refractivity contribution in [3.63, 3.8) is 0 Å². The van der Waals surface area contributed by atoms with Crippen molar-refractivity contribution in [1.29, 1.82) is 0 Å². The van der Waals surface area contributed by atoms with E-state index in [1.54, 1.807) is 24.3 Å². The van der Waals surface area contributed by atoms with E-state index in [0.29, 0.717) is 5.75 Å². The lowest BCUT2D eigenvalue weighted by atomic mass is 10.2. The number of carbonyl (C=O) groups excluding carboxylic acids is 1. The summed E-state index contributed by atoms with van der Waals surface area (Å²) in [6.45, 7) is 0. The molecule has 2 aromatic carbocycles. The molecule has 1 amide bonds. The summed E-state index contributed by atoms with van der Waals surface area (Å²) < 4.78 is 30.3. The SMILES string of the molecule is COc1ccccc1C(=O)Nc1ncc(S(=O)(=O)c2ccc([N+](=O)[O-])cc2)s1. The van der Waals surface area contributed by atoms with Crippen molar-refractivity contribution in [3.05, 3.63) is 70.4 Å². The van der Waals surface area contributed by atoms with E-state index in [0.717, 1.165) is 41.8 Å². The monoisotopic (exact) mass is 419 g/mol. The molecule has 0 unspecified atom stereocenters. The number of non-ortho nitro benzene ring substituents is 1. The third-order valence-electron chi connectivity index (χ3n) is 3.68. The van der Waals surface area contributed by atoms with Crippen LogP contribution in [0.2, 0.25) is 0 Å². The highest BCUT2D eigenvalue weighted by Gasteiger charge is 2.23. The zero-order chi connectivity index (χ0) is 20.3. The first-order valence-electron chi connectivity index (χ1n) is 7.72. The number of thiazole rings is 1. The van der Waals surface area contributed by atoms with Crippen LogP contribution in [0.1, 0.15) is 10.4 Å². The van der Waals surface area contributed by atoms with E-state index in [1.807, 2.05) is 0 Å². The number of amides is 1. The number of hydrogen-bond donors (Lipinski definition) is 1. The smallest absolute Gasteiger partial charge is 0.269 e. The van der Waals surface area contributed by atoms with Crippen LogP contribution in [0.25, 0.3) is 0 Å². The number of nitrogens with zero attached hydrogens (tertiary/aromatic N) is 2. The number of aromatic nitrogens is 1. The first-order valence-corrected chi connectivity index (χ1v) is 10.0. The van der Waals surface area contributed by atoms with Crippen LogP contribution < -0.4 is 10.1 Å². The van der Waals surface area contributed by atoms with Gasteiger partial charge in [0.15, 0.2) is 5.13 Å². The first kappa shape index (κ1) is 19.5. The van der Waals surface area contributed by atoms with Gasteiger partial charge in [0, 0.05) is 12.1 Å². The van der Waals surface area contributed by atoms with Gasteiger partial charge in [0.25, 0.3) is 11.6 Å². The summed E-state index contributed by atoms with van der Waals surface area (Å²) in [5.41, 5.74) is 0.0630. The van der Waals surface area contributed by atoms with E-state index in [2.05, 4.69) is 10.3 Å². The van der Waals surface area contributed by atoms with Gasteiger partial charge in [-0.05, 0) is 24.3 Å². The molecule has 9 nitrogen and oxygen atoms in total. The lowest BCUT2D eigenvalue weighted by Crippen LogP contribution is -2.12. The van der Waals surface area contributed by atoms with Crippen LogP contribution in [-0.4, -0.2) is 31.3 Å². The van der Waals surface area contributed by atoms with Gasteiger partial charge in [-0.1, -0.05) is 23.5 Å². The molecule has 3 aromatic rings. The highest BCUT2D eigenvalue weighted by molar-refractivity contribution is 7.93. The summed E-state index contributed by atoms with van der Waals surface area (Å²) in [5.74, 6) is -0.124. The second-order valence-corrected chi connectivity index (χ2v) is 8.60. The van der Waals surface area contributed by atoms with Crippen LogP contribution in [0.4, 0.5) is 10.8 Å². The Kier molecular flexibility index (Phi) is 5.38. The third kappa shape index (κ3) is 3.85. The number of nitro groups is 1. The van der Waals surface area contributed by atoms with E-state index in [9.17, 15) is 23.3 Å². The van der Waals surface area contributed by atoms with Crippen molar-refractivity contribution in [2.75, 3.05) is 12.4 Å². The summed E-state index contributed by atoms with van der Waals surface area (Å²) in [6.07, 6.45) is 1.12. The third-order valence-corrected chi connectivity index (χ3v) is 6.82. The van der Waals surface area contributed by atoms with Gasteiger partial charge in [-0.2, -0.15) is 0 Å². The molecule has 1 aromatic heterocycles. The molecule has 0 radical (unpaired) electrons. The van der Waals surface area contributed by atoms with Crippen molar-refractivity contribution >= 4 is 37.9 Å². The molecule has 1 N–H and O–H groups in total. The number of hydrogen-bond acceptors (Lipinski definition) is 8. The van der Waals surface area contributed by atoms with Gasteiger partial charge in [-0.15, -0.1) is 0 Å². The lowest BCUT2D eigenvalue weighted by Gasteiger charge is -2.07. The van der Waals surface area contributed by atoms with Crippen LogP contribution in [0.3, 0.4) is 0 Å². The van der Waals surface area contributed by atoms with E-state index in [1.165, 1.54) is 7.11 Å². The Labute approximate surface area is 163 Å². The Morgan fingerprint density at radius 1 is 1.18 bits per heavy atom. The summed E-state index contributed by atoms with van der Waals surface area (Å²) in [5, 5.41) is 13.3. The van der Waals surface area contributed by atoms with E-state index in [4.69, 9.17) is 4.74 Å². The molecule has 1 heterocycles. The number of ether oxygens (including phenoxy) is 1. The van der Waals surface area contributed by atoms with Crippen molar-refractivity contribution in [2.45, 2.75) is 9.10 Å². The molecule has 0 saturated carbocycles. The molecule has 0 spiro atoms. The summed E-state index contributed by atoms with van der Waals surface area (Å²) >= 11 is 0.776. The van der Waals surface area contributed by atoms with Crippen LogP contribution in [-0.2, 0) is 9.84 Å². The lowest BCUT2D eigenvalue weighted by molar-refractivity contribution is -0.384. The fourth-order valence-electron chi connectivity index (χ4n) is 2.30. The summed E-state index contributed by atoms with van der Waals surface area (Å²) in [4.78, 5) is 26.3. The zero-order valence-electron chi connectivity index (χ0n) is 14.4. The quantitative estimate of drug-likeness (QED) is 0.480. The maximum atomic E-state index is 12.7. The maximum absolute atomic E-state index is 12.7. The molecule has 0 aliphatic carbocycles. The predicted octanol–water partition coefficient (Wildman–Crippen LogP) is 3.15. The number of benzene rings is 2. The predicted molar refractivity (Wildman–Crippen MR) is 102 cm³/mol. The van der Waals surface area contributed by atoms with Gasteiger partial charge in [-0.25, -0.2) is 13.4 Å². The minimum atomic E-state index is -3.92. The Morgan fingerprint density at radius 2 is 1.86 bits per heavy atom. The Morgan fingerprint density at radius 3 is 2.50 bits per heavy atom. The first-order chi connectivity index (χ1) is 13.3. The van der Waals surface area contributed by atoms with Crippen LogP contribution in [0, 0.1) is 10.1 Å². The number of methoxy groups -OCH3 is 1. The summed E-state index contributed by atoms with van der Waals surface area (Å²) in [6, 6.07) is 11.1. The Hall–Kier alpha value is -3.31. The number of sulfone groups is 1. The number of rotatable bonds is 6. The Balaban J connectivity index is 1.83. The van der Waals surface area contributed by atoms with Gasteiger partial charge in [0.2, 0.25) is 9.84 Å². The average molecular weight is 419 g/mol. The van der Waals surface area contributed by atoms with Crippen LogP contribution >= 0.6 is 11.3 Å². The molecule has 28 heavy (non-hydrogen) atoms. The number of anilines is 1. The van der Waals surface area contributed by atoms with E-state index >= 15 is 0 Å². The largest absolute Gasteiger partial charge is 0.496 e. The molecule has 0 bridgehead atoms. The highest BCUT2D eigenvalue weighted by Crippen LogP contribution is 2.30. The van der Waals surface area contributed by atoms with Gasteiger partial charge in [0.1, 0.15) is 9.96 Å². The molecule has 11 heteroatoms. The standard InChI is InChI=1S/C17H13N3O6S2/c1-26-14-5-3-2-4-13(14)16(21)19-17-18-10-15(27-17)28(24,25)12-8-6-11(7-9-12)20(22)23/h2-10H,1H3,(H,18,19,21). The molecule has 144 valence electrons. The number of nitrogens with one attached hydrogen (secondary N) is 1. The van der Waals surface area contributed by atoms with Gasteiger partial charge < -0.3 is 4.74 Å². The highest BCUT2D eigenvalue weighted by atomic mass is 32.2. The molecular weight excluding hydrogens is 406 g/mol. The Bertz CT molecular complexity index is 1140. The van der Waals surface area contributed by atoms with Crippen molar-refractivity contribution in [1.82, 2.24) is 4.98 Å². The second-order valence-electron chi connectivity index (χ2n) is 5.39. The van der Waals surface area contributed by atoms with Crippen LogP contribution in [0.15, 0.2) is 63.8 Å². The fraction of sp³-hybridized carbons (Fsp3) is 0.0588. The van der Waals surface area contributed by atoms with Crippen LogP contribution in [0.5, 0.6) is 5.75 Å². The topological polar surface area (TPSA) is 128 Å². The molecule has 0 fully saturated rings. The van der Waals surface area contributed by atoms with Crippen molar-refractivity contribution < 1.29 is 22.9 Å². The number of nitro benzene ring substituents is 1. The minimum absolute atomic E-state index is 0.0939. The molecule has 0 aliphatic rings.